The van der Waals surface area contributed by atoms with Gasteiger partial charge in [-0.1, -0.05) is 36.8 Å². The quantitative estimate of drug-likeness (QED) is 0.372. The summed E-state index contributed by atoms with van der Waals surface area (Å²) in [7, 11) is 0. The van der Waals surface area contributed by atoms with Crippen molar-refractivity contribution in [3.05, 3.63) is 35.4 Å². The number of nitrogens with one attached hydrogen (secondary N) is 3. The second kappa shape index (κ2) is 10.5. The first-order chi connectivity index (χ1) is 11.1. The summed E-state index contributed by atoms with van der Waals surface area (Å²) in [6.45, 7) is 8.57. The third-order valence-corrected chi connectivity index (χ3v) is 4.12. The number of aliphatic imine (C=N–C) groups is 1. The molecule has 1 aromatic rings. The fraction of sp³-hybridized carbons (Fsp3) is 0.556. The molecule has 2 unspecified atom stereocenters. The van der Waals surface area contributed by atoms with Crippen molar-refractivity contribution in [2.45, 2.75) is 45.6 Å². The van der Waals surface area contributed by atoms with Gasteiger partial charge < -0.3 is 16.0 Å². The van der Waals surface area contributed by atoms with Gasteiger partial charge in [0, 0.05) is 38.0 Å². The van der Waals surface area contributed by atoms with Crippen LogP contribution in [0.15, 0.2) is 29.3 Å². The average Bonchev–Trinajstić information content (AvgIpc) is 2.55. The van der Waals surface area contributed by atoms with Crippen molar-refractivity contribution >= 4 is 35.8 Å². The van der Waals surface area contributed by atoms with Gasteiger partial charge in [-0.25, -0.2) is 0 Å². The third kappa shape index (κ3) is 6.67. The van der Waals surface area contributed by atoms with Crippen LogP contribution in [0, 0.1) is 6.92 Å². The molecule has 0 bridgehead atoms. The summed E-state index contributed by atoms with van der Waals surface area (Å²) in [4.78, 5) is 15.9. The lowest BCUT2D eigenvalue weighted by Crippen LogP contribution is -2.51. The number of hydrogen-bond donors (Lipinski definition) is 3. The zero-order chi connectivity index (χ0) is 16.7. The Bertz CT molecular complexity index is 534. The molecule has 0 saturated carbocycles. The van der Waals surface area contributed by atoms with E-state index < -0.39 is 0 Å². The Morgan fingerprint density at radius 3 is 2.67 bits per heavy atom. The molecular formula is C18H29IN4O. The number of carbonyl (C=O) groups is 1. The van der Waals surface area contributed by atoms with Gasteiger partial charge in [0.25, 0.3) is 0 Å². The van der Waals surface area contributed by atoms with Crippen molar-refractivity contribution in [3.8, 4) is 0 Å². The van der Waals surface area contributed by atoms with Gasteiger partial charge in [0.15, 0.2) is 5.96 Å². The van der Waals surface area contributed by atoms with Crippen molar-refractivity contribution < 1.29 is 4.79 Å². The summed E-state index contributed by atoms with van der Waals surface area (Å²) in [5.74, 6) is 1.34. The number of amides is 1. The standard InChI is InChI=1S/C18H28N4O.HI/c1-4-19-18(22-16-9-10-17(23)20-12-16)21-11-14(3)15-7-5-13(2)6-8-15;/h5-8,14,16H,4,9-12H2,1-3H3,(H,20,23)(H2,19,21,22);1H. The van der Waals surface area contributed by atoms with Crippen LogP contribution in [0.4, 0.5) is 0 Å². The van der Waals surface area contributed by atoms with Crippen LogP contribution in [0.25, 0.3) is 0 Å². The summed E-state index contributed by atoms with van der Waals surface area (Å²) >= 11 is 0. The van der Waals surface area contributed by atoms with E-state index in [1.165, 1.54) is 11.1 Å². The molecule has 6 heteroatoms. The molecular weight excluding hydrogens is 415 g/mol. The maximum atomic E-state index is 11.2. The highest BCUT2D eigenvalue weighted by Crippen LogP contribution is 2.16. The molecule has 1 fully saturated rings. The van der Waals surface area contributed by atoms with E-state index in [4.69, 9.17) is 4.99 Å². The van der Waals surface area contributed by atoms with Gasteiger partial charge in [0.2, 0.25) is 5.91 Å². The first-order valence-corrected chi connectivity index (χ1v) is 8.46. The smallest absolute Gasteiger partial charge is 0.220 e. The fourth-order valence-electron chi connectivity index (χ4n) is 2.60. The molecule has 0 aliphatic carbocycles. The second-order valence-corrected chi connectivity index (χ2v) is 6.22. The number of piperidine rings is 1. The largest absolute Gasteiger partial charge is 0.357 e. The van der Waals surface area contributed by atoms with E-state index in [1.54, 1.807) is 0 Å². The van der Waals surface area contributed by atoms with Gasteiger partial charge in [-0.15, -0.1) is 24.0 Å². The van der Waals surface area contributed by atoms with Crippen molar-refractivity contribution in [1.29, 1.82) is 0 Å². The number of nitrogens with zero attached hydrogens (tertiary/aromatic N) is 1. The first-order valence-electron chi connectivity index (χ1n) is 8.46. The minimum Gasteiger partial charge on any atom is -0.357 e. The van der Waals surface area contributed by atoms with E-state index in [1.807, 2.05) is 0 Å². The number of carbonyl (C=O) groups excluding carboxylic acids is 1. The van der Waals surface area contributed by atoms with Crippen LogP contribution in [0.2, 0.25) is 0 Å². The van der Waals surface area contributed by atoms with Crippen molar-refractivity contribution in [1.82, 2.24) is 16.0 Å². The average molecular weight is 444 g/mol. The zero-order valence-corrected chi connectivity index (χ0v) is 17.1. The number of guanidine groups is 1. The van der Waals surface area contributed by atoms with Gasteiger partial charge in [0.05, 0.1) is 0 Å². The summed E-state index contributed by atoms with van der Waals surface area (Å²) < 4.78 is 0. The monoisotopic (exact) mass is 444 g/mol. The molecule has 1 aliphatic heterocycles. The minimum absolute atomic E-state index is 0. The first kappa shape index (κ1) is 20.7. The number of halogens is 1. The Labute approximate surface area is 162 Å². The Kier molecular flexibility index (Phi) is 9.10. The van der Waals surface area contributed by atoms with Crippen LogP contribution in [0.5, 0.6) is 0 Å². The summed E-state index contributed by atoms with van der Waals surface area (Å²) in [5, 5.41) is 9.59. The molecule has 0 radical (unpaired) electrons. The molecule has 1 aliphatic rings. The predicted octanol–water partition coefficient (Wildman–Crippen LogP) is 2.55. The summed E-state index contributed by atoms with van der Waals surface area (Å²) in [6.07, 6.45) is 1.43. The van der Waals surface area contributed by atoms with E-state index in [-0.39, 0.29) is 35.9 Å². The van der Waals surface area contributed by atoms with E-state index in [0.717, 1.165) is 25.5 Å². The molecule has 0 spiro atoms. The van der Waals surface area contributed by atoms with E-state index >= 15 is 0 Å². The molecule has 134 valence electrons. The maximum absolute atomic E-state index is 11.2. The van der Waals surface area contributed by atoms with Crippen LogP contribution in [0.3, 0.4) is 0 Å². The highest BCUT2D eigenvalue weighted by Gasteiger charge is 2.18. The molecule has 1 aromatic carbocycles. The summed E-state index contributed by atoms with van der Waals surface area (Å²) in [5.41, 5.74) is 2.58. The van der Waals surface area contributed by atoms with Crippen molar-refractivity contribution in [3.63, 3.8) is 0 Å². The minimum atomic E-state index is 0. The van der Waals surface area contributed by atoms with Crippen LogP contribution in [0.1, 0.15) is 43.7 Å². The lowest BCUT2D eigenvalue weighted by Gasteiger charge is -2.25. The maximum Gasteiger partial charge on any atom is 0.220 e. The molecule has 0 aromatic heterocycles. The molecule has 24 heavy (non-hydrogen) atoms. The highest BCUT2D eigenvalue weighted by molar-refractivity contribution is 14.0. The van der Waals surface area contributed by atoms with Gasteiger partial charge in [0.1, 0.15) is 0 Å². The van der Waals surface area contributed by atoms with Crippen molar-refractivity contribution in [2.24, 2.45) is 4.99 Å². The molecule has 3 N–H and O–H groups in total. The molecule has 2 rings (SSSR count). The SMILES string of the molecule is CCNC(=NCC(C)c1ccc(C)cc1)NC1CCC(=O)NC1.I. The van der Waals surface area contributed by atoms with Crippen LogP contribution in [-0.2, 0) is 4.79 Å². The zero-order valence-electron chi connectivity index (χ0n) is 14.8. The Balaban J connectivity index is 0.00000288. The van der Waals surface area contributed by atoms with Crippen LogP contribution in [-0.4, -0.2) is 37.5 Å². The molecule has 5 nitrogen and oxygen atoms in total. The molecule has 1 heterocycles. The van der Waals surface area contributed by atoms with Gasteiger partial charge >= 0.3 is 0 Å². The number of hydrogen-bond acceptors (Lipinski definition) is 2. The topological polar surface area (TPSA) is 65.5 Å². The molecule has 1 amide bonds. The Morgan fingerprint density at radius 2 is 2.08 bits per heavy atom. The van der Waals surface area contributed by atoms with Crippen LogP contribution < -0.4 is 16.0 Å². The van der Waals surface area contributed by atoms with Crippen LogP contribution >= 0.6 is 24.0 Å². The Hall–Kier alpha value is -1.31. The second-order valence-electron chi connectivity index (χ2n) is 6.22. The highest BCUT2D eigenvalue weighted by atomic mass is 127. The van der Waals surface area contributed by atoms with E-state index in [9.17, 15) is 4.79 Å². The molecule has 2 atom stereocenters. The number of aryl methyl sites for hydroxylation is 1. The third-order valence-electron chi connectivity index (χ3n) is 4.12. The van der Waals surface area contributed by atoms with E-state index in [0.29, 0.717) is 18.9 Å². The lowest BCUT2D eigenvalue weighted by molar-refractivity contribution is -0.122. The lowest BCUT2D eigenvalue weighted by atomic mass is 10.0. The molecule has 1 saturated heterocycles. The predicted molar refractivity (Wildman–Crippen MR) is 110 cm³/mol. The normalized spacial score (nSPS) is 19.0. The van der Waals surface area contributed by atoms with Gasteiger partial charge in [-0.2, -0.15) is 0 Å². The number of benzene rings is 1. The number of rotatable bonds is 5. The van der Waals surface area contributed by atoms with Gasteiger partial charge in [-0.3, -0.25) is 9.79 Å². The van der Waals surface area contributed by atoms with Gasteiger partial charge in [-0.05, 0) is 25.8 Å². The van der Waals surface area contributed by atoms with Crippen molar-refractivity contribution in [2.75, 3.05) is 19.6 Å². The fourth-order valence-corrected chi connectivity index (χ4v) is 2.60. The van der Waals surface area contributed by atoms with E-state index in [2.05, 4.69) is 61.0 Å². The summed E-state index contributed by atoms with van der Waals surface area (Å²) in [6, 6.07) is 8.88. The Morgan fingerprint density at radius 1 is 1.38 bits per heavy atom.